The fourth-order valence-corrected chi connectivity index (χ4v) is 5.67. The Morgan fingerprint density at radius 2 is 1.78 bits per heavy atom. The van der Waals surface area contributed by atoms with E-state index in [0.717, 1.165) is 17.8 Å². The van der Waals surface area contributed by atoms with Crippen LogP contribution in [0.25, 0.3) is 0 Å². The van der Waals surface area contributed by atoms with Gasteiger partial charge in [0.05, 0.1) is 0 Å². The number of likely N-dealkylation sites (tertiary alicyclic amines) is 1. The highest BCUT2D eigenvalue weighted by molar-refractivity contribution is 8.00. The van der Waals surface area contributed by atoms with Crippen LogP contribution in [0.2, 0.25) is 0 Å². The molecule has 3 aliphatic rings. The summed E-state index contributed by atoms with van der Waals surface area (Å²) < 4.78 is 80.6. The second-order valence-corrected chi connectivity index (χ2v) is 10.2. The van der Waals surface area contributed by atoms with Crippen LogP contribution in [0, 0.1) is 0 Å². The number of nitrogens with two attached hydrogens (primary N) is 1. The van der Waals surface area contributed by atoms with E-state index in [2.05, 4.69) is 10.1 Å². The quantitative estimate of drug-likeness (QED) is 0.164. The lowest BCUT2D eigenvalue weighted by Crippen LogP contribution is -2.71. The molecule has 1 aromatic carbocycles. The first kappa shape index (κ1) is 30.1. The number of rotatable bonds is 6. The molecule has 0 saturated carbocycles. The van der Waals surface area contributed by atoms with Crippen molar-refractivity contribution in [2.24, 2.45) is 5.73 Å². The van der Waals surface area contributed by atoms with Gasteiger partial charge in [-0.2, -0.15) is 26.3 Å². The molecule has 1 aromatic rings. The SMILES string of the molecule is N[C@@H](C(=O)N[C@@H]1C(=O)N2C(C(=O)OC(=O)C(F)(F)F)=C(C=C3CCN(CC(F)(F)F)C3=O)CS[C@H]12)c1ccccc1. The van der Waals surface area contributed by atoms with E-state index in [1.165, 1.54) is 0 Å². The number of ether oxygens (including phenoxy) is 1. The Hall–Kier alpha value is -3.86. The number of fused-ring (bicyclic) bond motifs is 1. The Balaban J connectivity index is 1.60. The number of carbonyl (C=O) groups excluding carboxylic acids is 5. The van der Waals surface area contributed by atoms with Crippen molar-refractivity contribution in [3.63, 3.8) is 0 Å². The topological polar surface area (TPSA) is 139 Å². The summed E-state index contributed by atoms with van der Waals surface area (Å²) in [5.41, 5.74) is 5.15. The summed E-state index contributed by atoms with van der Waals surface area (Å²) in [6.07, 6.45) is -9.42. The number of hydrogen-bond acceptors (Lipinski definition) is 8. The van der Waals surface area contributed by atoms with Crippen molar-refractivity contribution in [2.45, 2.75) is 36.2 Å². The predicted molar refractivity (Wildman–Crippen MR) is 128 cm³/mol. The number of nitrogens with zero attached hydrogens (tertiary/aromatic N) is 2. The third kappa shape index (κ3) is 6.40. The molecule has 3 atom stereocenters. The van der Waals surface area contributed by atoms with E-state index in [-0.39, 0.29) is 29.9 Å². The summed E-state index contributed by atoms with van der Waals surface area (Å²) in [6.45, 7) is -1.84. The fourth-order valence-electron chi connectivity index (χ4n) is 4.37. The lowest BCUT2D eigenvalue weighted by molar-refractivity contribution is -0.201. The first-order valence-corrected chi connectivity index (χ1v) is 12.8. The molecule has 3 amide bonds. The maximum Gasteiger partial charge on any atom is 0.491 e. The van der Waals surface area contributed by atoms with E-state index >= 15 is 0 Å². The van der Waals surface area contributed by atoms with E-state index in [1.807, 2.05) is 0 Å². The van der Waals surface area contributed by atoms with E-state index in [4.69, 9.17) is 5.73 Å². The van der Waals surface area contributed by atoms with Gasteiger partial charge < -0.3 is 20.7 Å². The van der Waals surface area contributed by atoms with Crippen molar-refractivity contribution in [2.75, 3.05) is 18.8 Å². The number of halogens is 6. The molecule has 0 radical (unpaired) electrons. The number of esters is 2. The minimum absolute atomic E-state index is 0.180. The molecule has 2 saturated heterocycles. The summed E-state index contributed by atoms with van der Waals surface area (Å²) >= 11 is 0.951. The van der Waals surface area contributed by atoms with Gasteiger partial charge in [-0.25, -0.2) is 9.59 Å². The van der Waals surface area contributed by atoms with Crippen LogP contribution in [0.15, 0.2) is 53.3 Å². The number of allylic oxidation sites excluding steroid dienone is 1. The molecule has 10 nitrogen and oxygen atoms in total. The largest absolute Gasteiger partial charge is 0.491 e. The standard InChI is InChI=1S/C24H20F6N4O6S/c25-23(26,27)10-33-7-6-12(18(33)36)8-13-9-41-20-15(32-17(35)14(31)11-4-2-1-3-5-11)19(37)34(20)16(13)21(38)40-22(39)24(28,29)30/h1-5,8,14-15,20H,6-7,9-10,31H2,(H,32,35)/t14-,15-,20-/m1/s1. The minimum atomic E-state index is -5.56. The molecule has 4 rings (SSSR count). The predicted octanol–water partition coefficient (Wildman–Crippen LogP) is 1.69. The van der Waals surface area contributed by atoms with Crippen molar-refractivity contribution in [1.82, 2.24) is 15.1 Å². The average molecular weight is 607 g/mol. The second-order valence-electron chi connectivity index (χ2n) is 9.09. The van der Waals surface area contributed by atoms with Gasteiger partial charge in [0.2, 0.25) is 11.8 Å². The van der Waals surface area contributed by atoms with Crippen LogP contribution in [0.5, 0.6) is 0 Å². The van der Waals surface area contributed by atoms with E-state index < -0.39 is 71.7 Å². The van der Waals surface area contributed by atoms with Crippen LogP contribution in [-0.2, 0) is 28.7 Å². The van der Waals surface area contributed by atoms with Crippen molar-refractivity contribution in [1.29, 1.82) is 0 Å². The van der Waals surface area contributed by atoms with Crippen LogP contribution in [0.3, 0.4) is 0 Å². The molecule has 0 aromatic heterocycles. The van der Waals surface area contributed by atoms with Gasteiger partial charge in [-0.15, -0.1) is 11.8 Å². The lowest BCUT2D eigenvalue weighted by atomic mass is 10.00. The third-order valence-electron chi connectivity index (χ3n) is 6.28. The summed E-state index contributed by atoms with van der Waals surface area (Å²) in [7, 11) is 0. The molecule has 2 fully saturated rings. The number of β-lactam (4-membered cyclic amide) rings is 1. The molecule has 17 heteroatoms. The highest BCUT2D eigenvalue weighted by Gasteiger charge is 2.55. The van der Waals surface area contributed by atoms with Crippen LogP contribution in [0.4, 0.5) is 26.3 Å². The number of hydrogen-bond donors (Lipinski definition) is 2. The van der Waals surface area contributed by atoms with Gasteiger partial charge >= 0.3 is 24.3 Å². The van der Waals surface area contributed by atoms with Crippen molar-refractivity contribution >= 4 is 41.4 Å². The summed E-state index contributed by atoms with van der Waals surface area (Å²) in [5.74, 6) is -7.68. The van der Waals surface area contributed by atoms with Crippen molar-refractivity contribution in [3.05, 3.63) is 58.8 Å². The third-order valence-corrected chi connectivity index (χ3v) is 7.58. The van der Waals surface area contributed by atoms with Gasteiger partial charge in [-0.05, 0) is 23.6 Å². The Morgan fingerprint density at radius 1 is 1.12 bits per heavy atom. The van der Waals surface area contributed by atoms with Crippen molar-refractivity contribution < 1.29 is 55.1 Å². The molecule has 3 aliphatic heterocycles. The molecule has 3 heterocycles. The van der Waals surface area contributed by atoms with Crippen LogP contribution < -0.4 is 11.1 Å². The van der Waals surface area contributed by atoms with Crippen LogP contribution in [-0.4, -0.2) is 82.1 Å². The summed E-state index contributed by atoms with van der Waals surface area (Å²) in [5, 5.41) is 1.40. The number of thioether (sulfide) groups is 1. The maximum atomic E-state index is 13.0. The highest BCUT2D eigenvalue weighted by atomic mass is 32.2. The summed E-state index contributed by atoms with van der Waals surface area (Å²) in [4.78, 5) is 63.5. The van der Waals surface area contributed by atoms with E-state index in [1.54, 1.807) is 30.3 Å². The zero-order chi connectivity index (χ0) is 30.3. The van der Waals surface area contributed by atoms with Crippen LogP contribution >= 0.6 is 11.8 Å². The summed E-state index contributed by atoms with van der Waals surface area (Å²) in [6, 6.07) is 5.67. The molecular weight excluding hydrogens is 586 g/mol. The Morgan fingerprint density at radius 3 is 2.39 bits per heavy atom. The molecule has 0 aliphatic carbocycles. The number of benzene rings is 1. The van der Waals surface area contributed by atoms with Gasteiger partial charge in [0, 0.05) is 17.9 Å². The molecule has 0 spiro atoms. The first-order chi connectivity index (χ1) is 19.1. The monoisotopic (exact) mass is 606 g/mol. The number of carbonyl (C=O) groups is 5. The zero-order valence-corrected chi connectivity index (χ0v) is 21.4. The maximum absolute atomic E-state index is 13.0. The number of alkyl halides is 6. The number of nitrogens with one attached hydrogen (secondary N) is 1. The molecule has 3 N–H and O–H groups in total. The molecular formula is C24H20F6N4O6S. The van der Waals surface area contributed by atoms with Gasteiger partial charge in [-0.3, -0.25) is 19.3 Å². The van der Waals surface area contributed by atoms with Crippen LogP contribution in [0.1, 0.15) is 18.0 Å². The first-order valence-electron chi connectivity index (χ1n) is 11.8. The fraction of sp³-hybridized carbons (Fsp3) is 0.375. The second kappa shape index (κ2) is 11.2. The van der Waals surface area contributed by atoms with Gasteiger partial charge in [-0.1, -0.05) is 30.3 Å². The van der Waals surface area contributed by atoms with Gasteiger partial charge in [0.25, 0.3) is 5.91 Å². The lowest BCUT2D eigenvalue weighted by Gasteiger charge is -2.49. The molecule has 41 heavy (non-hydrogen) atoms. The molecule has 0 bridgehead atoms. The Labute approximate surface area is 231 Å². The minimum Gasteiger partial charge on any atom is -0.382 e. The average Bonchev–Trinajstić information content (AvgIpc) is 3.23. The zero-order valence-electron chi connectivity index (χ0n) is 20.6. The smallest absolute Gasteiger partial charge is 0.382 e. The van der Waals surface area contributed by atoms with E-state index in [0.29, 0.717) is 15.4 Å². The normalized spacial score (nSPS) is 22.9. The number of amides is 3. The molecule has 220 valence electrons. The Bertz CT molecular complexity index is 1350. The van der Waals surface area contributed by atoms with E-state index in [9.17, 15) is 50.3 Å². The molecule has 0 unspecified atom stereocenters. The van der Waals surface area contributed by atoms with Gasteiger partial charge in [0.1, 0.15) is 29.7 Å². The Kier molecular flexibility index (Phi) is 8.22. The highest BCUT2D eigenvalue weighted by Crippen LogP contribution is 2.42. The van der Waals surface area contributed by atoms with Crippen molar-refractivity contribution in [3.8, 4) is 0 Å². The van der Waals surface area contributed by atoms with Gasteiger partial charge in [0.15, 0.2) is 0 Å².